The van der Waals surface area contributed by atoms with Gasteiger partial charge in [-0.25, -0.2) is 9.36 Å². The van der Waals surface area contributed by atoms with Crippen LogP contribution in [-0.4, -0.2) is 33.1 Å². The first-order valence-electron chi connectivity index (χ1n) is 10.3. The summed E-state index contributed by atoms with van der Waals surface area (Å²) in [6.45, 7) is 1.70. The predicted octanol–water partition coefficient (Wildman–Crippen LogP) is 3.26. The number of ether oxygens (including phenoxy) is 1. The minimum absolute atomic E-state index is 0.114. The van der Waals surface area contributed by atoms with E-state index in [0.29, 0.717) is 37.6 Å². The average molecular weight is 504 g/mol. The first kappa shape index (κ1) is 24.2. The van der Waals surface area contributed by atoms with E-state index in [1.165, 1.54) is 24.6 Å². The summed E-state index contributed by atoms with van der Waals surface area (Å²) in [4.78, 5) is 36.7. The van der Waals surface area contributed by atoms with Gasteiger partial charge in [0.2, 0.25) is 0 Å². The Balaban J connectivity index is 1.84. The summed E-state index contributed by atoms with van der Waals surface area (Å²) in [5.74, 6) is 0.152. The van der Waals surface area contributed by atoms with Crippen LogP contribution in [-0.2, 0) is 18.0 Å². The summed E-state index contributed by atoms with van der Waals surface area (Å²) in [5, 5.41) is 3.07. The second kappa shape index (κ2) is 9.02. The lowest BCUT2D eigenvalue weighted by Crippen LogP contribution is -2.40. The number of benzene rings is 2. The van der Waals surface area contributed by atoms with Crippen molar-refractivity contribution in [1.82, 2.24) is 18.8 Å². The van der Waals surface area contributed by atoms with Gasteiger partial charge in [-0.15, -0.1) is 0 Å². The molecule has 8 nitrogen and oxygen atoms in total. The van der Waals surface area contributed by atoms with Crippen molar-refractivity contribution in [3.8, 4) is 22.7 Å². The maximum Gasteiger partial charge on any atom is 0.431 e. The minimum atomic E-state index is -4.84. The molecule has 2 aromatic carbocycles. The fourth-order valence-electron chi connectivity index (χ4n) is 3.56. The molecule has 182 valence electrons. The topological polar surface area (TPSA) is 95.2 Å². The molecule has 0 aliphatic carbocycles. The van der Waals surface area contributed by atoms with Crippen molar-refractivity contribution in [2.24, 2.45) is 7.05 Å². The number of nitrogens with zero attached hydrogens (tertiary/aromatic N) is 3. The summed E-state index contributed by atoms with van der Waals surface area (Å²) < 4.78 is 51.4. The monoisotopic (exact) mass is 504 g/mol. The van der Waals surface area contributed by atoms with Gasteiger partial charge in [-0.3, -0.25) is 14.2 Å². The molecule has 0 bridgehead atoms. The van der Waals surface area contributed by atoms with Gasteiger partial charge in [0.05, 0.1) is 16.1 Å². The molecule has 0 saturated heterocycles. The van der Waals surface area contributed by atoms with Crippen LogP contribution in [0.25, 0.3) is 27.0 Å². The lowest BCUT2D eigenvalue weighted by molar-refractivity contribution is -0.144. The van der Waals surface area contributed by atoms with Crippen LogP contribution in [0.4, 0.5) is 13.2 Å². The molecule has 0 radical (unpaired) electrons. The van der Waals surface area contributed by atoms with Crippen LogP contribution in [0, 0.1) is 6.92 Å². The number of aromatic nitrogens is 3. The van der Waals surface area contributed by atoms with Gasteiger partial charge >= 0.3 is 11.9 Å². The molecule has 4 rings (SSSR count). The Bertz CT molecular complexity index is 1570. The number of amides is 1. The van der Waals surface area contributed by atoms with E-state index >= 15 is 0 Å². The quantitative estimate of drug-likeness (QED) is 0.450. The Kier molecular flexibility index (Phi) is 6.24. The maximum atomic E-state index is 13.2. The molecule has 0 aliphatic heterocycles. The highest BCUT2D eigenvalue weighted by Crippen LogP contribution is 2.35. The number of carbonyl (C=O) groups excluding carboxylic acids is 1. The Morgan fingerprint density at radius 2 is 1.89 bits per heavy atom. The van der Waals surface area contributed by atoms with Crippen LogP contribution in [0.15, 0.2) is 52.1 Å². The highest BCUT2D eigenvalue weighted by atomic mass is 32.1. The van der Waals surface area contributed by atoms with Crippen LogP contribution in [0.2, 0.25) is 0 Å². The van der Waals surface area contributed by atoms with Gasteiger partial charge in [0, 0.05) is 31.1 Å². The van der Waals surface area contributed by atoms with Crippen molar-refractivity contribution in [2.75, 3.05) is 13.7 Å². The Morgan fingerprint density at radius 3 is 2.57 bits per heavy atom. The normalized spacial score (nSPS) is 11.6. The minimum Gasteiger partial charge on any atom is -0.484 e. The van der Waals surface area contributed by atoms with E-state index < -0.39 is 23.1 Å². The number of likely N-dealkylation sites (N-methyl/N-ethyl adjacent to an activating group) is 1. The van der Waals surface area contributed by atoms with Gasteiger partial charge in [0.15, 0.2) is 6.61 Å². The van der Waals surface area contributed by atoms with Gasteiger partial charge in [-0.2, -0.15) is 17.5 Å². The summed E-state index contributed by atoms with van der Waals surface area (Å²) in [7, 11) is 2.46. The zero-order valence-corrected chi connectivity index (χ0v) is 19.6. The molecule has 1 N–H and O–H groups in total. The fraction of sp³-hybridized carbons (Fsp3) is 0.217. The van der Waals surface area contributed by atoms with E-state index in [2.05, 4.69) is 9.69 Å². The summed E-state index contributed by atoms with van der Waals surface area (Å²) in [6, 6.07) is 10.3. The van der Waals surface area contributed by atoms with E-state index in [-0.39, 0.29) is 18.2 Å². The van der Waals surface area contributed by atoms with Crippen molar-refractivity contribution in [3.05, 3.63) is 74.6 Å². The second-order valence-corrected chi connectivity index (χ2v) is 8.50. The van der Waals surface area contributed by atoms with Gasteiger partial charge in [0.25, 0.3) is 11.5 Å². The van der Waals surface area contributed by atoms with E-state index in [9.17, 15) is 27.6 Å². The molecule has 0 atom stereocenters. The van der Waals surface area contributed by atoms with E-state index in [4.69, 9.17) is 4.74 Å². The number of hydrogen-bond acceptors (Lipinski definition) is 6. The van der Waals surface area contributed by atoms with Crippen molar-refractivity contribution in [3.63, 3.8) is 0 Å². The summed E-state index contributed by atoms with van der Waals surface area (Å²) >= 11 is 1.19. The lowest BCUT2D eigenvalue weighted by Gasteiger charge is -2.14. The fourth-order valence-corrected chi connectivity index (χ4v) is 4.33. The maximum absolute atomic E-state index is 13.2. The number of rotatable bonds is 5. The number of carbonyl (C=O) groups is 1. The molecule has 4 aromatic rings. The molecule has 0 saturated carbocycles. The molecule has 2 heterocycles. The average Bonchev–Trinajstić information content (AvgIpc) is 3.23. The Labute approximate surface area is 200 Å². The van der Waals surface area contributed by atoms with Crippen molar-refractivity contribution >= 4 is 27.5 Å². The zero-order valence-electron chi connectivity index (χ0n) is 18.8. The largest absolute Gasteiger partial charge is 0.484 e. The first-order chi connectivity index (χ1) is 16.5. The van der Waals surface area contributed by atoms with Crippen molar-refractivity contribution in [1.29, 1.82) is 0 Å². The van der Waals surface area contributed by atoms with Crippen LogP contribution in [0.5, 0.6) is 5.75 Å². The molecule has 1 amide bonds. The standard InChI is InChI=1S/C23H19F3N4O4S/c1-12-4-6-14(34-11-19(31)27-2)9-15(12)21-16-8-13(5-7-17(16)35-28-21)30-20(32)10-18(23(24,25)26)29(3)22(30)33/h4-10H,11H2,1-3H3,(H,27,31). The van der Waals surface area contributed by atoms with Crippen molar-refractivity contribution in [2.45, 2.75) is 13.1 Å². The van der Waals surface area contributed by atoms with Gasteiger partial charge in [-0.05, 0) is 54.4 Å². The number of nitrogens with one attached hydrogen (secondary N) is 1. The molecule has 0 spiro atoms. The number of alkyl halides is 3. The molecule has 35 heavy (non-hydrogen) atoms. The van der Waals surface area contributed by atoms with E-state index in [0.717, 1.165) is 17.3 Å². The summed E-state index contributed by atoms with van der Waals surface area (Å²) in [5.41, 5.74) is -1.31. The second-order valence-electron chi connectivity index (χ2n) is 7.69. The van der Waals surface area contributed by atoms with Gasteiger partial charge in [0.1, 0.15) is 11.4 Å². The van der Waals surface area contributed by atoms with E-state index in [1.54, 1.807) is 30.3 Å². The Hall–Kier alpha value is -3.93. The first-order valence-corrected chi connectivity index (χ1v) is 11.0. The van der Waals surface area contributed by atoms with Crippen LogP contribution < -0.4 is 21.3 Å². The molecular formula is C23H19F3N4O4S. The SMILES string of the molecule is CNC(=O)COc1ccc(C)c(-c2nsc3ccc(-n4c(=O)cc(C(F)(F)F)n(C)c4=O)cc23)c1. The van der Waals surface area contributed by atoms with E-state index in [1.807, 2.05) is 6.92 Å². The van der Waals surface area contributed by atoms with Crippen LogP contribution in [0.1, 0.15) is 11.3 Å². The van der Waals surface area contributed by atoms with Crippen molar-refractivity contribution < 1.29 is 22.7 Å². The highest BCUT2D eigenvalue weighted by molar-refractivity contribution is 7.13. The van der Waals surface area contributed by atoms with Gasteiger partial charge < -0.3 is 10.1 Å². The third kappa shape index (κ3) is 4.56. The number of fused-ring (bicyclic) bond motifs is 1. The molecule has 0 unspecified atom stereocenters. The summed E-state index contributed by atoms with van der Waals surface area (Å²) in [6.07, 6.45) is -4.84. The molecular weight excluding hydrogens is 485 g/mol. The lowest BCUT2D eigenvalue weighted by atomic mass is 10.0. The molecule has 0 fully saturated rings. The predicted molar refractivity (Wildman–Crippen MR) is 125 cm³/mol. The Morgan fingerprint density at radius 1 is 1.14 bits per heavy atom. The number of halogens is 3. The highest BCUT2D eigenvalue weighted by Gasteiger charge is 2.35. The van der Waals surface area contributed by atoms with Crippen LogP contribution >= 0.6 is 11.5 Å². The third-order valence-corrected chi connectivity index (χ3v) is 6.26. The number of aryl methyl sites for hydroxylation is 1. The smallest absolute Gasteiger partial charge is 0.431 e. The number of hydrogen-bond donors (Lipinski definition) is 1. The van der Waals surface area contributed by atoms with Gasteiger partial charge in [-0.1, -0.05) is 6.07 Å². The molecule has 0 aliphatic rings. The third-order valence-electron chi connectivity index (χ3n) is 5.44. The van der Waals surface area contributed by atoms with Crippen LogP contribution in [0.3, 0.4) is 0 Å². The molecule has 2 aromatic heterocycles. The zero-order chi connectivity index (χ0) is 25.5. The molecule has 12 heteroatoms.